The third-order valence-corrected chi connectivity index (χ3v) is 2.90. The molecular formula is C8H16O2. The highest BCUT2D eigenvalue weighted by atomic mass is 16.3. The first-order valence-electron chi connectivity index (χ1n) is 3.88. The molecule has 0 spiro atoms. The first-order chi connectivity index (χ1) is 4.59. The van der Waals surface area contributed by atoms with Crippen LogP contribution in [0.3, 0.4) is 0 Å². The Labute approximate surface area is 61.9 Å². The second-order valence-electron chi connectivity index (χ2n) is 3.78. The standard InChI is InChI=1S/C8H16O2/c1-8(2)6(3-4-9)5-7(8)10/h6-7,9-10H,3-5H2,1-2H3/t6-,7?/m0/s1. The van der Waals surface area contributed by atoms with Crippen molar-refractivity contribution in [1.82, 2.24) is 0 Å². The van der Waals surface area contributed by atoms with Crippen LogP contribution >= 0.6 is 0 Å². The lowest BCUT2D eigenvalue weighted by Crippen LogP contribution is -2.49. The van der Waals surface area contributed by atoms with Crippen LogP contribution in [0.5, 0.6) is 0 Å². The fourth-order valence-corrected chi connectivity index (χ4v) is 1.63. The monoisotopic (exact) mass is 144 g/mol. The van der Waals surface area contributed by atoms with Gasteiger partial charge in [0.15, 0.2) is 0 Å². The summed E-state index contributed by atoms with van der Waals surface area (Å²) >= 11 is 0. The fourth-order valence-electron chi connectivity index (χ4n) is 1.63. The van der Waals surface area contributed by atoms with E-state index in [0.717, 1.165) is 12.8 Å². The molecule has 0 aromatic rings. The molecule has 60 valence electrons. The van der Waals surface area contributed by atoms with E-state index in [-0.39, 0.29) is 18.1 Å². The summed E-state index contributed by atoms with van der Waals surface area (Å²) in [6.45, 7) is 4.36. The van der Waals surface area contributed by atoms with E-state index < -0.39 is 0 Å². The zero-order chi connectivity index (χ0) is 7.78. The van der Waals surface area contributed by atoms with E-state index in [4.69, 9.17) is 5.11 Å². The summed E-state index contributed by atoms with van der Waals surface area (Å²) in [6, 6.07) is 0. The van der Waals surface area contributed by atoms with Gasteiger partial charge in [0.2, 0.25) is 0 Å². The summed E-state index contributed by atoms with van der Waals surface area (Å²) in [4.78, 5) is 0. The number of aliphatic hydroxyl groups is 2. The van der Waals surface area contributed by atoms with Crippen LogP contribution in [0, 0.1) is 11.3 Å². The second-order valence-corrected chi connectivity index (χ2v) is 3.78. The minimum atomic E-state index is -0.149. The third kappa shape index (κ3) is 1.06. The van der Waals surface area contributed by atoms with Gasteiger partial charge >= 0.3 is 0 Å². The van der Waals surface area contributed by atoms with Crippen molar-refractivity contribution in [2.24, 2.45) is 11.3 Å². The summed E-state index contributed by atoms with van der Waals surface area (Å²) in [7, 11) is 0. The van der Waals surface area contributed by atoms with E-state index in [2.05, 4.69) is 13.8 Å². The Kier molecular flexibility index (Phi) is 2.02. The summed E-state index contributed by atoms with van der Waals surface area (Å²) < 4.78 is 0. The van der Waals surface area contributed by atoms with E-state index in [1.165, 1.54) is 0 Å². The molecule has 1 saturated carbocycles. The average molecular weight is 144 g/mol. The molecular weight excluding hydrogens is 128 g/mol. The van der Waals surface area contributed by atoms with Crippen LogP contribution in [0.1, 0.15) is 26.7 Å². The first-order valence-corrected chi connectivity index (χ1v) is 3.88. The van der Waals surface area contributed by atoms with Gasteiger partial charge in [0.25, 0.3) is 0 Å². The molecule has 1 unspecified atom stereocenters. The molecule has 0 saturated heterocycles. The van der Waals surface area contributed by atoms with Crippen molar-refractivity contribution in [2.75, 3.05) is 6.61 Å². The Bertz CT molecular complexity index is 118. The Hall–Kier alpha value is -0.0800. The van der Waals surface area contributed by atoms with Crippen LogP contribution in [0.15, 0.2) is 0 Å². The average Bonchev–Trinajstić information content (AvgIpc) is 1.88. The van der Waals surface area contributed by atoms with Crippen LogP contribution in [0.4, 0.5) is 0 Å². The molecule has 2 N–H and O–H groups in total. The Morgan fingerprint density at radius 2 is 2.10 bits per heavy atom. The zero-order valence-electron chi connectivity index (χ0n) is 6.67. The molecule has 1 rings (SSSR count). The minimum Gasteiger partial charge on any atom is -0.396 e. The molecule has 2 heteroatoms. The highest BCUT2D eigenvalue weighted by Gasteiger charge is 2.46. The van der Waals surface area contributed by atoms with Crippen molar-refractivity contribution in [2.45, 2.75) is 32.8 Å². The summed E-state index contributed by atoms with van der Waals surface area (Å²) in [5.41, 5.74) is 0.0444. The Morgan fingerprint density at radius 3 is 2.40 bits per heavy atom. The van der Waals surface area contributed by atoms with Gasteiger partial charge in [-0.3, -0.25) is 0 Å². The molecule has 1 aliphatic rings. The van der Waals surface area contributed by atoms with Crippen LogP contribution in [-0.4, -0.2) is 22.9 Å². The highest BCUT2D eigenvalue weighted by Crippen LogP contribution is 2.47. The molecule has 0 aliphatic heterocycles. The summed E-state index contributed by atoms with van der Waals surface area (Å²) in [5, 5.41) is 17.9. The van der Waals surface area contributed by atoms with Crippen molar-refractivity contribution >= 4 is 0 Å². The van der Waals surface area contributed by atoms with Gasteiger partial charge in [-0.25, -0.2) is 0 Å². The number of hydrogen-bond donors (Lipinski definition) is 2. The molecule has 10 heavy (non-hydrogen) atoms. The lowest BCUT2D eigenvalue weighted by molar-refractivity contribution is -0.105. The van der Waals surface area contributed by atoms with Crippen LogP contribution < -0.4 is 0 Å². The largest absolute Gasteiger partial charge is 0.396 e. The molecule has 1 aliphatic carbocycles. The maximum atomic E-state index is 9.29. The van der Waals surface area contributed by atoms with Crippen LogP contribution in [0.25, 0.3) is 0 Å². The number of hydrogen-bond acceptors (Lipinski definition) is 2. The van der Waals surface area contributed by atoms with E-state index >= 15 is 0 Å². The summed E-state index contributed by atoms with van der Waals surface area (Å²) in [6.07, 6.45) is 1.56. The first kappa shape index (κ1) is 8.02. The van der Waals surface area contributed by atoms with Crippen molar-refractivity contribution in [3.05, 3.63) is 0 Å². The van der Waals surface area contributed by atoms with Gasteiger partial charge in [0, 0.05) is 6.61 Å². The van der Waals surface area contributed by atoms with Crippen molar-refractivity contribution in [1.29, 1.82) is 0 Å². The predicted octanol–water partition coefficient (Wildman–Crippen LogP) is 0.776. The quantitative estimate of drug-likeness (QED) is 0.601. The SMILES string of the molecule is CC1(C)C(O)C[C@@H]1CCO. The highest BCUT2D eigenvalue weighted by molar-refractivity contribution is 4.96. The lowest BCUT2D eigenvalue weighted by Gasteiger charge is -2.49. The zero-order valence-corrected chi connectivity index (χ0v) is 6.67. The van der Waals surface area contributed by atoms with Gasteiger partial charge in [0.05, 0.1) is 6.10 Å². The topological polar surface area (TPSA) is 40.5 Å². The predicted molar refractivity (Wildman–Crippen MR) is 39.6 cm³/mol. The van der Waals surface area contributed by atoms with Gasteiger partial charge in [0.1, 0.15) is 0 Å². The third-order valence-electron chi connectivity index (χ3n) is 2.90. The van der Waals surface area contributed by atoms with Gasteiger partial charge in [-0.15, -0.1) is 0 Å². The van der Waals surface area contributed by atoms with E-state index in [1.54, 1.807) is 0 Å². The number of rotatable bonds is 2. The minimum absolute atomic E-state index is 0.0444. The van der Waals surface area contributed by atoms with E-state index in [1.807, 2.05) is 0 Å². The molecule has 0 radical (unpaired) electrons. The Balaban J connectivity index is 2.39. The molecule has 0 aromatic heterocycles. The maximum absolute atomic E-state index is 9.29. The van der Waals surface area contributed by atoms with Gasteiger partial charge < -0.3 is 10.2 Å². The van der Waals surface area contributed by atoms with Gasteiger partial charge in [-0.2, -0.15) is 0 Å². The van der Waals surface area contributed by atoms with Crippen LogP contribution in [-0.2, 0) is 0 Å². The van der Waals surface area contributed by atoms with E-state index in [0.29, 0.717) is 5.92 Å². The smallest absolute Gasteiger partial charge is 0.0596 e. The molecule has 0 bridgehead atoms. The van der Waals surface area contributed by atoms with Gasteiger partial charge in [-0.1, -0.05) is 13.8 Å². The normalized spacial score (nSPS) is 37.2. The Morgan fingerprint density at radius 1 is 1.50 bits per heavy atom. The molecule has 2 atom stereocenters. The van der Waals surface area contributed by atoms with Crippen molar-refractivity contribution in [3.63, 3.8) is 0 Å². The van der Waals surface area contributed by atoms with Crippen molar-refractivity contribution in [3.8, 4) is 0 Å². The van der Waals surface area contributed by atoms with Gasteiger partial charge in [-0.05, 0) is 24.2 Å². The molecule has 2 nitrogen and oxygen atoms in total. The van der Waals surface area contributed by atoms with Crippen molar-refractivity contribution < 1.29 is 10.2 Å². The molecule has 1 fully saturated rings. The second kappa shape index (κ2) is 2.51. The number of aliphatic hydroxyl groups excluding tert-OH is 2. The van der Waals surface area contributed by atoms with E-state index in [9.17, 15) is 5.11 Å². The lowest BCUT2D eigenvalue weighted by atomic mass is 9.59. The molecule has 0 aromatic carbocycles. The molecule has 0 amide bonds. The maximum Gasteiger partial charge on any atom is 0.0596 e. The summed E-state index contributed by atoms with van der Waals surface area (Å²) in [5.74, 6) is 0.521. The molecule has 0 heterocycles. The van der Waals surface area contributed by atoms with Crippen LogP contribution in [0.2, 0.25) is 0 Å². The fraction of sp³-hybridized carbons (Fsp3) is 1.00.